The van der Waals surface area contributed by atoms with E-state index >= 15 is 0 Å². The summed E-state index contributed by atoms with van der Waals surface area (Å²) in [4.78, 5) is 66.2. The van der Waals surface area contributed by atoms with Crippen molar-refractivity contribution in [2.45, 2.75) is 27.7 Å². The molecular weight excluding hydrogens is 372 g/mol. The lowest BCUT2D eigenvalue weighted by Crippen LogP contribution is -2.40. The van der Waals surface area contributed by atoms with Gasteiger partial charge in [0.25, 0.3) is 0 Å². The Morgan fingerprint density at radius 1 is 0.536 bits per heavy atom. The minimum absolute atomic E-state index is 0.0376. The first-order chi connectivity index (χ1) is 12.8. The van der Waals surface area contributed by atoms with E-state index in [1.807, 2.05) is 0 Å². The fourth-order valence-corrected chi connectivity index (χ4v) is 1.06. The number of rotatable bonds is 11. The molecule has 0 N–H and O–H groups in total. The summed E-state index contributed by atoms with van der Waals surface area (Å²) in [7, 11) is 0. The van der Waals surface area contributed by atoms with E-state index in [2.05, 4.69) is 26.3 Å². The first kappa shape index (κ1) is 24.8. The van der Waals surface area contributed by atoms with Crippen molar-refractivity contribution in [1.82, 2.24) is 10.5 Å². The van der Waals surface area contributed by atoms with Gasteiger partial charge in [-0.25, -0.2) is 19.2 Å². The van der Waals surface area contributed by atoms with Crippen molar-refractivity contribution in [2.24, 2.45) is 0 Å². The summed E-state index contributed by atoms with van der Waals surface area (Å²) in [6, 6.07) is 0. The number of hydrogen-bond donors (Lipinski definition) is 0. The van der Waals surface area contributed by atoms with Crippen LogP contribution in [0.2, 0.25) is 0 Å². The molecule has 0 aliphatic rings. The van der Waals surface area contributed by atoms with E-state index in [1.165, 1.54) is 27.7 Å². The van der Waals surface area contributed by atoms with Crippen molar-refractivity contribution in [2.75, 3.05) is 13.1 Å². The second-order valence-corrected chi connectivity index (χ2v) is 5.75. The highest BCUT2D eigenvalue weighted by atomic mass is 17.0. The predicted molar refractivity (Wildman–Crippen MR) is 97.0 cm³/mol. The predicted octanol–water partition coefficient (Wildman–Crippen LogP) is 1.73. The van der Waals surface area contributed by atoms with E-state index in [1.54, 1.807) is 0 Å². The largest absolute Gasteiger partial charge is 0.355 e. The lowest BCUT2D eigenvalue weighted by atomic mass is 10.4. The molecule has 28 heavy (non-hydrogen) atoms. The summed E-state index contributed by atoms with van der Waals surface area (Å²) in [5.74, 6) is -3.50. The van der Waals surface area contributed by atoms with Gasteiger partial charge in [-0.05, 0) is 27.7 Å². The summed E-state index contributed by atoms with van der Waals surface area (Å²) in [6.45, 7) is 18.4. The van der Waals surface area contributed by atoms with Gasteiger partial charge >= 0.3 is 23.9 Å². The van der Waals surface area contributed by atoms with Crippen LogP contribution in [-0.2, 0) is 38.5 Å². The van der Waals surface area contributed by atoms with Crippen LogP contribution in [0.1, 0.15) is 27.7 Å². The first-order valence-electron chi connectivity index (χ1n) is 7.91. The number of nitrogens with zero attached hydrogens (tertiary/aromatic N) is 2. The molecule has 0 heterocycles. The number of carbonyl (C=O) groups is 4. The molecular formula is C18H24N2O8. The smallest absolute Gasteiger partial charge is 0.329 e. The van der Waals surface area contributed by atoms with E-state index in [4.69, 9.17) is 19.4 Å². The Kier molecular flexibility index (Phi) is 10.1. The monoisotopic (exact) mass is 396 g/mol. The van der Waals surface area contributed by atoms with Gasteiger partial charge in [-0.1, -0.05) is 26.3 Å². The Labute approximate surface area is 163 Å². The molecule has 0 rings (SSSR count). The quantitative estimate of drug-likeness (QED) is 0.378. The van der Waals surface area contributed by atoms with Crippen LogP contribution in [0.5, 0.6) is 0 Å². The minimum Gasteiger partial charge on any atom is -0.329 e. The summed E-state index contributed by atoms with van der Waals surface area (Å²) >= 11 is 0. The highest BCUT2D eigenvalue weighted by Gasteiger charge is 2.23. The van der Waals surface area contributed by atoms with E-state index in [0.29, 0.717) is 10.5 Å². The molecule has 0 saturated carbocycles. The average molecular weight is 396 g/mol. The molecule has 0 spiro atoms. The maximum Gasteiger partial charge on any atom is 0.355 e. The van der Waals surface area contributed by atoms with Crippen LogP contribution in [0.3, 0.4) is 0 Å². The van der Waals surface area contributed by atoms with E-state index in [9.17, 15) is 19.2 Å². The zero-order chi connectivity index (χ0) is 22.0. The Bertz CT molecular complexity index is 594. The van der Waals surface area contributed by atoms with Crippen molar-refractivity contribution in [3.8, 4) is 0 Å². The van der Waals surface area contributed by atoms with E-state index < -0.39 is 23.9 Å². The molecule has 10 heteroatoms. The minimum atomic E-state index is -0.876. The zero-order valence-electron chi connectivity index (χ0n) is 16.4. The fraction of sp³-hybridized carbons (Fsp3) is 0.333. The summed E-state index contributed by atoms with van der Waals surface area (Å²) < 4.78 is 0. The van der Waals surface area contributed by atoms with Crippen molar-refractivity contribution >= 4 is 23.9 Å². The SMILES string of the molecule is C=C(C)C(=O)ON(CCN(OC(=O)C(=C)C)OC(=O)C(=C)C)OC(=O)C(=C)C. The summed E-state index contributed by atoms with van der Waals surface area (Å²) in [5.41, 5.74) is 0.151. The normalized spacial score (nSPS) is 10.1. The van der Waals surface area contributed by atoms with Crippen LogP contribution < -0.4 is 0 Å². The molecule has 0 aliphatic heterocycles. The Balaban J connectivity index is 5.27. The van der Waals surface area contributed by atoms with Gasteiger partial charge in [-0.3, -0.25) is 0 Å². The van der Waals surface area contributed by atoms with Gasteiger partial charge in [0.05, 0.1) is 13.1 Å². The third kappa shape index (κ3) is 9.46. The van der Waals surface area contributed by atoms with Crippen molar-refractivity contribution in [3.05, 3.63) is 48.6 Å². The van der Waals surface area contributed by atoms with Crippen LogP contribution in [-0.4, -0.2) is 47.4 Å². The lowest BCUT2D eigenvalue weighted by molar-refractivity contribution is -0.353. The third-order valence-electron chi connectivity index (χ3n) is 2.60. The second-order valence-electron chi connectivity index (χ2n) is 5.75. The van der Waals surface area contributed by atoms with Crippen LogP contribution in [0.15, 0.2) is 48.6 Å². The van der Waals surface area contributed by atoms with Crippen LogP contribution in [0.25, 0.3) is 0 Å². The highest BCUT2D eigenvalue weighted by Crippen LogP contribution is 2.07. The molecule has 0 aromatic heterocycles. The topological polar surface area (TPSA) is 112 Å². The maximum atomic E-state index is 11.7. The molecule has 0 aliphatic carbocycles. The number of hydroxylamine groups is 4. The molecule has 0 radical (unpaired) electrons. The molecule has 10 nitrogen and oxygen atoms in total. The number of carbonyl (C=O) groups excluding carboxylic acids is 4. The zero-order valence-corrected chi connectivity index (χ0v) is 16.4. The molecule has 0 atom stereocenters. The summed E-state index contributed by atoms with van der Waals surface area (Å²) in [5, 5.41) is 1.04. The van der Waals surface area contributed by atoms with E-state index in [0.717, 1.165) is 0 Å². The molecule has 154 valence electrons. The Hall–Kier alpha value is -3.24. The molecule has 0 bridgehead atoms. The fourth-order valence-electron chi connectivity index (χ4n) is 1.06. The van der Waals surface area contributed by atoms with Crippen molar-refractivity contribution in [3.63, 3.8) is 0 Å². The third-order valence-corrected chi connectivity index (χ3v) is 2.60. The van der Waals surface area contributed by atoms with Gasteiger partial charge < -0.3 is 19.4 Å². The molecule has 0 saturated heterocycles. The Morgan fingerprint density at radius 3 is 0.857 bits per heavy atom. The standard InChI is InChI=1S/C18H24N2O8/c1-11(2)15(21)25-19(26-16(22)12(3)4)9-10-20(27-17(23)13(5)6)28-18(24)14(7)8/h1,3,5,7,9-10H2,2,4,6,8H3. The van der Waals surface area contributed by atoms with Gasteiger partial charge in [-0.2, -0.15) is 0 Å². The molecule has 0 fully saturated rings. The Morgan fingerprint density at radius 2 is 0.714 bits per heavy atom. The first-order valence-corrected chi connectivity index (χ1v) is 7.91. The van der Waals surface area contributed by atoms with Crippen molar-refractivity contribution in [1.29, 1.82) is 0 Å². The van der Waals surface area contributed by atoms with Gasteiger partial charge in [0.15, 0.2) is 0 Å². The van der Waals surface area contributed by atoms with Crippen LogP contribution in [0, 0.1) is 0 Å². The van der Waals surface area contributed by atoms with Crippen LogP contribution >= 0.6 is 0 Å². The van der Waals surface area contributed by atoms with Gasteiger partial charge in [0, 0.05) is 32.7 Å². The average Bonchev–Trinajstić information content (AvgIpc) is 2.58. The molecule has 0 unspecified atom stereocenters. The van der Waals surface area contributed by atoms with Crippen LogP contribution in [0.4, 0.5) is 0 Å². The lowest BCUT2D eigenvalue weighted by Gasteiger charge is -2.23. The maximum absolute atomic E-state index is 11.7. The molecule has 0 aromatic carbocycles. The summed E-state index contributed by atoms with van der Waals surface area (Å²) in [6.07, 6.45) is 0. The molecule has 0 aromatic rings. The molecule has 0 amide bonds. The van der Waals surface area contributed by atoms with E-state index in [-0.39, 0.29) is 35.4 Å². The number of hydrogen-bond acceptors (Lipinski definition) is 10. The van der Waals surface area contributed by atoms with Crippen molar-refractivity contribution < 1.29 is 38.5 Å². The highest BCUT2D eigenvalue weighted by molar-refractivity contribution is 5.88. The van der Waals surface area contributed by atoms with Gasteiger partial charge in [0.1, 0.15) is 0 Å². The second kappa shape index (κ2) is 11.5. The van der Waals surface area contributed by atoms with Gasteiger partial charge in [0.2, 0.25) is 0 Å². The van der Waals surface area contributed by atoms with Gasteiger partial charge in [-0.15, -0.1) is 0 Å².